The number of anilines is 1. The van der Waals surface area contributed by atoms with Crippen molar-refractivity contribution >= 4 is 5.69 Å². The molecule has 2 aliphatic rings. The van der Waals surface area contributed by atoms with Crippen molar-refractivity contribution in [3.8, 4) is 11.1 Å². The molecular weight excluding hydrogens is 382 g/mol. The Morgan fingerprint density at radius 1 is 0.821 bits per heavy atom. The van der Waals surface area contributed by atoms with Crippen molar-refractivity contribution < 1.29 is 26.3 Å². The average molecular weight is 400 g/mol. The highest BCUT2D eigenvalue weighted by molar-refractivity contribution is 5.78. The molecule has 0 amide bonds. The van der Waals surface area contributed by atoms with Crippen LogP contribution < -0.4 is 10.6 Å². The molecule has 2 atom stereocenters. The van der Waals surface area contributed by atoms with Gasteiger partial charge in [0.15, 0.2) is 0 Å². The molecule has 2 heterocycles. The van der Waals surface area contributed by atoms with Gasteiger partial charge in [0.1, 0.15) is 0 Å². The minimum atomic E-state index is -4.86. The van der Waals surface area contributed by atoms with Crippen LogP contribution in [0.25, 0.3) is 11.1 Å². The molecule has 0 radical (unpaired) electrons. The van der Waals surface area contributed by atoms with Gasteiger partial charge in [-0.2, -0.15) is 26.3 Å². The van der Waals surface area contributed by atoms with Crippen molar-refractivity contribution in [2.45, 2.75) is 37.2 Å². The van der Waals surface area contributed by atoms with E-state index in [9.17, 15) is 26.3 Å². The number of nitrogens with one attached hydrogen (secondary N) is 2. The van der Waals surface area contributed by atoms with E-state index < -0.39 is 23.5 Å². The highest BCUT2D eigenvalue weighted by atomic mass is 19.4. The van der Waals surface area contributed by atoms with E-state index in [4.69, 9.17) is 0 Å². The van der Waals surface area contributed by atoms with Crippen molar-refractivity contribution in [3.05, 3.63) is 53.1 Å². The number of rotatable bonds is 1. The molecule has 150 valence electrons. The predicted molar refractivity (Wildman–Crippen MR) is 94.1 cm³/mol. The van der Waals surface area contributed by atoms with Crippen LogP contribution in [0.3, 0.4) is 0 Å². The lowest BCUT2D eigenvalue weighted by atomic mass is 9.85. The second-order valence-corrected chi connectivity index (χ2v) is 7.25. The van der Waals surface area contributed by atoms with Crippen molar-refractivity contribution in [2.75, 3.05) is 18.4 Å². The van der Waals surface area contributed by atoms with Gasteiger partial charge in [0.25, 0.3) is 0 Å². The summed E-state index contributed by atoms with van der Waals surface area (Å²) in [5, 5.41) is 6.68. The Morgan fingerprint density at radius 2 is 1.46 bits per heavy atom. The van der Waals surface area contributed by atoms with Crippen LogP contribution in [0.4, 0.5) is 32.0 Å². The molecule has 2 nitrogen and oxygen atoms in total. The second-order valence-electron chi connectivity index (χ2n) is 7.25. The van der Waals surface area contributed by atoms with Crippen LogP contribution in [-0.4, -0.2) is 19.1 Å². The molecule has 0 bridgehead atoms. The summed E-state index contributed by atoms with van der Waals surface area (Å²) in [5.41, 5.74) is -0.612. The molecule has 0 aliphatic carbocycles. The summed E-state index contributed by atoms with van der Waals surface area (Å²) in [6.45, 7) is 1.58. The summed E-state index contributed by atoms with van der Waals surface area (Å²) in [6, 6.07) is 7.02. The fourth-order valence-corrected chi connectivity index (χ4v) is 4.21. The third kappa shape index (κ3) is 3.45. The normalized spacial score (nSPS) is 22.2. The molecule has 4 rings (SSSR count). The zero-order chi connectivity index (χ0) is 20.1. The molecule has 0 spiro atoms. The van der Waals surface area contributed by atoms with E-state index >= 15 is 0 Å². The summed E-state index contributed by atoms with van der Waals surface area (Å²) in [4.78, 5) is 0. The molecule has 1 saturated heterocycles. The molecule has 2 unspecified atom stereocenters. The summed E-state index contributed by atoms with van der Waals surface area (Å²) >= 11 is 0. The average Bonchev–Trinajstić information content (AvgIpc) is 2.81. The largest absolute Gasteiger partial charge is 0.416 e. The summed E-state index contributed by atoms with van der Waals surface area (Å²) in [6.07, 6.45) is -8.11. The van der Waals surface area contributed by atoms with Crippen LogP contribution >= 0.6 is 0 Å². The number of hydrogen-bond donors (Lipinski definition) is 2. The smallest absolute Gasteiger partial charge is 0.381 e. The standard InChI is InChI=1S/C20H18F6N2/c21-19(22,23)12-8-11(9-13(10-12)20(24,25)26)14-2-1-3-17-18(14)15-4-6-27-7-5-16(15)28-17/h1-3,8-10,15-16,27-28H,4-7H2. The van der Waals surface area contributed by atoms with Gasteiger partial charge >= 0.3 is 12.4 Å². The topological polar surface area (TPSA) is 24.1 Å². The zero-order valence-electron chi connectivity index (χ0n) is 14.7. The highest BCUT2D eigenvalue weighted by Crippen LogP contribution is 2.47. The van der Waals surface area contributed by atoms with E-state index in [0.717, 1.165) is 49.3 Å². The summed E-state index contributed by atoms with van der Waals surface area (Å²) in [5.74, 6) is 0.0464. The molecule has 28 heavy (non-hydrogen) atoms. The van der Waals surface area contributed by atoms with Crippen molar-refractivity contribution in [2.24, 2.45) is 0 Å². The maximum atomic E-state index is 13.3. The molecule has 0 saturated carbocycles. The van der Waals surface area contributed by atoms with Crippen molar-refractivity contribution in [1.82, 2.24) is 5.32 Å². The Hall–Kier alpha value is -2.22. The summed E-state index contributed by atoms with van der Waals surface area (Å²) < 4.78 is 79.6. The molecule has 8 heteroatoms. The first-order valence-electron chi connectivity index (χ1n) is 9.04. The van der Waals surface area contributed by atoms with E-state index in [0.29, 0.717) is 5.56 Å². The van der Waals surface area contributed by atoms with Gasteiger partial charge in [-0.3, -0.25) is 0 Å². The first-order valence-corrected chi connectivity index (χ1v) is 9.04. The first-order chi connectivity index (χ1) is 13.1. The lowest BCUT2D eigenvalue weighted by Crippen LogP contribution is -2.21. The van der Waals surface area contributed by atoms with E-state index in [-0.39, 0.29) is 23.6 Å². The highest BCUT2D eigenvalue weighted by Gasteiger charge is 2.39. The molecule has 2 aromatic rings. The van der Waals surface area contributed by atoms with E-state index in [1.165, 1.54) is 0 Å². The minimum Gasteiger partial charge on any atom is -0.381 e. The molecule has 2 aliphatic heterocycles. The fraction of sp³-hybridized carbons (Fsp3) is 0.400. The number of halogens is 6. The quantitative estimate of drug-likeness (QED) is 0.605. The Balaban J connectivity index is 1.88. The fourth-order valence-electron chi connectivity index (χ4n) is 4.21. The third-order valence-electron chi connectivity index (χ3n) is 5.47. The molecule has 0 aromatic heterocycles. The first kappa shape index (κ1) is 19.1. The minimum absolute atomic E-state index is 0.0464. The molecule has 2 N–H and O–H groups in total. The van der Waals surface area contributed by atoms with E-state index in [1.807, 2.05) is 6.07 Å². The van der Waals surface area contributed by atoms with Crippen LogP contribution in [0.1, 0.15) is 35.4 Å². The second kappa shape index (κ2) is 6.69. The van der Waals surface area contributed by atoms with Crippen LogP contribution in [0.5, 0.6) is 0 Å². The lowest BCUT2D eigenvalue weighted by Gasteiger charge is -2.19. The molecular formula is C20H18F6N2. The summed E-state index contributed by atoms with van der Waals surface area (Å²) in [7, 11) is 0. The number of benzene rings is 2. The number of alkyl halides is 6. The Labute approximate surface area is 157 Å². The molecule has 2 aromatic carbocycles. The third-order valence-corrected chi connectivity index (χ3v) is 5.47. The van der Waals surface area contributed by atoms with Crippen LogP contribution in [-0.2, 0) is 12.4 Å². The number of hydrogen-bond acceptors (Lipinski definition) is 2. The van der Waals surface area contributed by atoms with Gasteiger partial charge in [-0.05, 0) is 66.9 Å². The van der Waals surface area contributed by atoms with Gasteiger partial charge in [0, 0.05) is 17.6 Å². The number of fused-ring (bicyclic) bond motifs is 3. The van der Waals surface area contributed by atoms with Crippen LogP contribution in [0, 0.1) is 0 Å². The van der Waals surface area contributed by atoms with E-state index in [2.05, 4.69) is 10.6 Å². The van der Waals surface area contributed by atoms with E-state index in [1.54, 1.807) is 12.1 Å². The maximum Gasteiger partial charge on any atom is 0.416 e. The maximum absolute atomic E-state index is 13.3. The lowest BCUT2D eigenvalue weighted by molar-refractivity contribution is -0.143. The Morgan fingerprint density at radius 3 is 2.11 bits per heavy atom. The monoisotopic (exact) mass is 400 g/mol. The van der Waals surface area contributed by atoms with Gasteiger partial charge in [-0.15, -0.1) is 0 Å². The molecule has 1 fully saturated rings. The van der Waals surface area contributed by atoms with Gasteiger partial charge in [0.05, 0.1) is 11.1 Å². The van der Waals surface area contributed by atoms with Crippen molar-refractivity contribution in [3.63, 3.8) is 0 Å². The van der Waals surface area contributed by atoms with Crippen LogP contribution in [0.15, 0.2) is 36.4 Å². The van der Waals surface area contributed by atoms with Gasteiger partial charge in [0.2, 0.25) is 0 Å². The SMILES string of the molecule is FC(F)(F)c1cc(-c2cccc3c2C2CCNCCC2N3)cc(C(F)(F)F)c1. The Kier molecular flexibility index (Phi) is 4.56. The predicted octanol–water partition coefficient (Wildman–Crippen LogP) is 5.65. The van der Waals surface area contributed by atoms with Gasteiger partial charge in [-0.1, -0.05) is 12.1 Å². The zero-order valence-corrected chi connectivity index (χ0v) is 14.7. The van der Waals surface area contributed by atoms with Gasteiger partial charge in [-0.25, -0.2) is 0 Å². The van der Waals surface area contributed by atoms with Crippen LogP contribution in [0.2, 0.25) is 0 Å². The van der Waals surface area contributed by atoms with Gasteiger partial charge < -0.3 is 10.6 Å². The Bertz CT molecular complexity index is 855. The van der Waals surface area contributed by atoms with Crippen molar-refractivity contribution in [1.29, 1.82) is 0 Å².